The number of rotatable bonds is 2. The van der Waals surface area contributed by atoms with E-state index in [-0.39, 0.29) is 4.75 Å². The minimum absolute atomic E-state index is 0.333. The van der Waals surface area contributed by atoms with E-state index in [1.165, 1.54) is 0 Å². The highest BCUT2D eigenvalue weighted by Gasteiger charge is 2.18. The smallest absolute Gasteiger partial charge is 0.144 e. The average Bonchev–Trinajstić information content (AvgIpc) is 2.72. The van der Waals surface area contributed by atoms with Gasteiger partial charge in [-0.05, 0) is 26.8 Å². The standard InChI is InChI=1S/C12H15N3OS/c1-12(2,3)17(16)14-7-9-5-4-6-11-10(9)8-13-15-11/h4-8H,1-3H3,(H,13,15)/t17-/m0/s1. The highest BCUT2D eigenvalue weighted by molar-refractivity contribution is 7.85. The lowest BCUT2D eigenvalue weighted by Gasteiger charge is -2.12. The predicted octanol–water partition coefficient (Wildman–Crippen LogP) is 2.44. The summed E-state index contributed by atoms with van der Waals surface area (Å²) in [5, 5.41) is 7.85. The summed E-state index contributed by atoms with van der Waals surface area (Å²) < 4.78 is 15.6. The highest BCUT2D eigenvalue weighted by atomic mass is 32.2. The molecule has 5 heteroatoms. The first-order chi connectivity index (χ1) is 7.98. The SMILES string of the molecule is CC(C)(C)[S@](=O)N=Cc1cccc2[nH]ncc12. The van der Waals surface area contributed by atoms with Crippen molar-refractivity contribution in [2.75, 3.05) is 0 Å². The zero-order valence-corrected chi connectivity index (χ0v) is 10.9. The van der Waals surface area contributed by atoms with Crippen LogP contribution in [0.3, 0.4) is 0 Å². The van der Waals surface area contributed by atoms with Crippen molar-refractivity contribution in [3.8, 4) is 0 Å². The van der Waals surface area contributed by atoms with Crippen molar-refractivity contribution in [3.05, 3.63) is 30.0 Å². The van der Waals surface area contributed by atoms with Crippen LogP contribution < -0.4 is 0 Å². The van der Waals surface area contributed by atoms with Gasteiger partial charge in [-0.25, -0.2) is 4.21 Å². The van der Waals surface area contributed by atoms with Crippen LogP contribution in [0.2, 0.25) is 0 Å². The van der Waals surface area contributed by atoms with Crippen LogP contribution in [0, 0.1) is 0 Å². The van der Waals surface area contributed by atoms with E-state index >= 15 is 0 Å². The summed E-state index contributed by atoms with van der Waals surface area (Å²) in [6.45, 7) is 5.71. The largest absolute Gasteiger partial charge is 0.278 e. The molecule has 0 saturated carbocycles. The van der Waals surface area contributed by atoms with E-state index in [1.54, 1.807) is 12.4 Å². The summed E-state index contributed by atoms with van der Waals surface area (Å²) in [5.74, 6) is 0. The number of nitrogens with one attached hydrogen (secondary N) is 1. The Bertz CT molecular complexity index is 581. The van der Waals surface area contributed by atoms with Crippen molar-refractivity contribution in [1.82, 2.24) is 10.2 Å². The summed E-state index contributed by atoms with van der Waals surface area (Å²) in [4.78, 5) is 0. The van der Waals surface area contributed by atoms with Gasteiger partial charge in [-0.3, -0.25) is 5.10 Å². The van der Waals surface area contributed by atoms with Gasteiger partial charge in [0.2, 0.25) is 0 Å². The first-order valence-corrected chi connectivity index (χ1v) is 6.47. The zero-order valence-electron chi connectivity index (χ0n) is 10.1. The molecule has 0 unspecified atom stereocenters. The average molecular weight is 249 g/mol. The summed E-state index contributed by atoms with van der Waals surface area (Å²) >= 11 is 0. The summed E-state index contributed by atoms with van der Waals surface area (Å²) in [6, 6.07) is 5.80. The molecular weight excluding hydrogens is 234 g/mol. The first kappa shape index (κ1) is 12.0. The molecule has 1 aromatic heterocycles. The number of nitrogens with zero attached hydrogens (tertiary/aromatic N) is 2. The van der Waals surface area contributed by atoms with Crippen molar-refractivity contribution in [2.24, 2.45) is 4.40 Å². The number of fused-ring (bicyclic) bond motifs is 1. The molecule has 4 nitrogen and oxygen atoms in total. The molecule has 1 heterocycles. The molecule has 90 valence electrons. The minimum Gasteiger partial charge on any atom is -0.278 e. The Labute approximate surface area is 103 Å². The van der Waals surface area contributed by atoms with Crippen molar-refractivity contribution in [1.29, 1.82) is 0 Å². The van der Waals surface area contributed by atoms with Crippen molar-refractivity contribution >= 4 is 28.1 Å². The number of H-pyrrole nitrogens is 1. The summed E-state index contributed by atoms with van der Waals surface area (Å²) in [6.07, 6.45) is 3.40. The van der Waals surface area contributed by atoms with Gasteiger partial charge in [0.05, 0.1) is 16.5 Å². The fourth-order valence-corrected chi connectivity index (χ4v) is 1.89. The number of aromatic amines is 1. The fraction of sp³-hybridized carbons (Fsp3) is 0.333. The van der Waals surface area contributed by atoms with Crippen LogP contribution in [0.4, 0.5) is 0 Å². The van der Waals surface area contributed by atoms with E-state index in [4.69, 9.17) is 0 Å². The molecule has 2 aromatic rings. The molecule has 0 radical (unpaired) electrons. The molecule has 0 fully saturated rings. The second kappa shape index (κ2) is 4.41. The van der Waals surface area contributed by atoms with Crippen molar-refractivity contribution in [2.45, 2.75) is 25.5 Å². The molecule has 2 rings (SSSR count). The van der Waals surface area contributed by atoms with Crippen LogP contribution in [-0.2, 0) is 11.0 Å². The zero-order chi connectivity index (χ0) is 12.5. The molecule has 0 amide bonds. The third-order valence-electron chi connectivity index (χ3n) is 2.33. The van der Waals surface area contributed by atoms with Gasteiger partial charge in [0, 0.05) is 17.2 Å². The molecular formula is C12H15N3OS. The Balaban J connectivity index is 2.33. The second-order valence-corrected chi connectivity index (χ2v) is 6.71. The van der Waals surface area contributed by atoms with Crippen LogP contribution in [0.5, 0.6) is 0 Å². The second-order valence-electron chi connectivity index (χ2n) is 4.77. The number of aromatic nitrogens is 2. The first-order valence-electron chi connectivity index (χ1n) is 5.36. The Kier molecular flexibility index (Phi) is 3.11. The van der Waals surface area contributed by atoms with Crippen LogP contribution in [-0.4, -0.2) is 25.4 Å². The Morgan fingerprint density at radius 3 is 2.88 bits per heavy atom. The fourth-order valence-electron chi connectivity index (χ4n) is 1.37. The van der Waals surface area contributed by atoms with Crippen molar-refractivity contribution in [3.63, 3.8) is 0 Å². The van der Waals surface area contributed by atoms with Crippen molar-refractivity contribution < 1.29 is 4.21 Å². The van der Waals surface area contributed by atoms with E-state index in [9.17, 15) is 4.21 Å². The van der Waals surface area contributed by atoms with Gasteiger partial charge >= 0.3 is 0 Å². The molecule has 1 atom stereocenters. The number of hydrogen-bond donors (Lipinski definition) is 1. The van der Waals surface area contributed by atoms with Gasteiger partial charge in [0.15, 0.2) is 0 Å². The summed E-state index contributed by atoms with van der Waals surface area (Å²) in [5.41, 5.74) is 1.88. The summed E-state index contributed by atoms with van der Waals surface area (Å²) in [7, 11) is -1.23. The van der Waals surface area contributed by atoms with Gasteiger partial charge in [0.1, 0.15) is 11.0 Å². The molecule has 0 bridgehead atoms. The monoisotopic (exact) mass is 249 g/mol. The van der Waals surface area contributed by atoms with Gasteiger partial charge in [0.25, 0.3) is 0 Å². The van der Waals surface area contributed by atoms with E-state index < -0.39 is 11.0 Å². The van der Waals surface area contributed by atoms with E-state index in [0.717, 1.165) is 16.5 Å². The maximum Gasteiger partial charge on any atom is 0.144 e. The van der Waals surface area contributed by atoms with Crippen LogP contribution in [0.25, 0.3) is 10.9 Å². The lowest BCUT2D eigenvalue weighted by Crippen LogP contribution is -2.19. The molecule has 1 N–H and O–H groups in total. The van der Waals surface area contributed by atoms with Crippen LogP contribution in [0.15, 0.2) is 28.8 Å². The maximum atomic E-state index is 11.8. The third-order valence-corrected chi connectivity index (χ3v) is 3.67. The molecule has 0 saturated heterocycles. The maximum absolute atomic E-state index is 11.8. The normalized spacial score (nSPS) is 14.5. The van der Waals surface area contributed by atoms with E-state index in [1.807, 2.05) is 39.0 Å². The molecule has 1 aromatic carbocycles. The molecule has 0 spiro atoms. The van der Waals surface area contributed by atoms with Crippen LogP contribution in [0.1, 0.15) is 26.3 Å². The molecule has 0 aliphatic rings. The molecule has 0 aliphatic heterocycles. The molecule has 17 heavy (non-hydrogen) atoms. The van der Waals surface area contributed by atoms with Gasteiger partial charge < -0.3 is 0 Å². The Hall–Kier alpha value is -1.49. The number of hydrogen-bond acceptors (Lipinski definition) is 2. The van der Waals surface area contributed by atoms with Gasteiger partial charge in [-0.15, -0.1) is 0 Å². The van der Waals surface area contributed by atoms with E-state index in [0.29, 0.717) is 0 Å². The van der Waals surface area contributed by atoms with Gasteiger partial charge in [-0.2, -0.15) is 9.50 Å². The van der Waals surface area contributed by atoms with E-state index in [2.05, 4.69) is 14.6 Å². The Morgan fingerprint density at radius 2 is 2.18 bits per heavy atom. The lowest BCUT2D eigenvalue weighted by atomic mass is 10.1. The lowest BCUT2D eigenvalue weighted by molar-refractivity contribution is 0.651. The topological polar surface area (TPSA) is 58.1 Å². The quantitative estimate of drug-likeness (QED) is 0.831. The Morgan fingerprint density at radius 1 is 1.41 bits per heavy atom. The van der Waals surface area contributed by atoms with Crippen LogP contribution >= 0.6 is 0 Å². The molecule has 0 aliphatic carbocycles. The third kappa shape index (κ3) is 2.61. The predicted molar refractivity (Wildman–Crippen MR) is 71.6 cm³/mol. The van der Waals surface area contributed by atoms with Gasteiger partial charge in [-0.1, -0.05) is 12.1 Å². The number of benzene rings is 1. The minimum atomic E-state index is -1.23. The highest BCUT2D eigenvalue weighted by Crippen LogP contribution is 2.16.